The Kier molecular flexibility index (Phi) is 5.19. The molecule has 0 aliphatic heterocycles. The van der Waals surface area contributed by atoms with Crippen LogP contribution in [0.15, 0.2) is 57.9 Å². The second-order valence-electron chi connectivity index (χ2n) is 5.07. The van der Waals surface area contributed by atoms with Crippen LogP contribution < -0.4 is 4.72 Å². The van der Waals surface area contributed by atoms with Crippen molar-refractivity contribution in [3.8, 4) is 0 Å². The second-order valence-corrected chi connectivity index (χ2v) is 7.72. The summed E-state index contributed by atoms with van der Waals surface area (Å²) in [6.07, 6.45) is 0. The molecular weight excluding hydrogens is 350 g/mol. The van der Waals surface area contributed by atoms with Crippen LogP contribution in [-0.2, 0) is 10.0 Å². The highest BCUT2D eigenvalue weighted by molar-refractivity contribution is 9.10. The van der Waals surface area contributed by atoms with Crippen molar-refractivity contribution in [2.24, 2.45) is 0 Å². The highest BCUT2D eigenvalue weighted by Crippen LogP contribution is 2.21. The first-order valence-electron chi connectivity index (χ1n) is 6.71. The van der Waals surface area contributed by atoms with E-state index in [1.807, 2.05) is 43.3 Å². The second kappa shape index (κ2) is 6.73. The Morgan fingerprint density at radius 3 is 2.48 bits per heavy atom. The van der Waals surface area contributed by atoms with Gasteiger partial charge < -0.3 is 0 Å². The van der Waals surface area contributed by atoms with Gasteiger partial charge in [-0.1, -0.05) is 59.3 Å². The fourth-order valence-corrected chi connectivity index (χ4v) is 3.99. The zero-order valence-electron chi connectivity index (χ0n) is 12.0. The van der Waals surface area contributed by atoms with Crippen LogP contribution in [0.2, 0.25) is 0 Å². The molecule has 21 heavy (non-hydrogen) atoms. The maximum absolute atomic E-state index is 12.4. The Bertz CT molecular complexity index is 714. The Labute approximate surface area is 134 Å². The number of halogens is 1. The predicted octanol–water partition coefficient (Wildman–Crippen LogP) is 3.84. The number of rotatable bonds is 5. The molecule has 1 atom stereocenters. The monoisotopic (exact) mass is 367 g/mol. The van der Waals surface area contributed by atoms with Crippen molar-refractivity contribution in [1.82, 2.24) is 4.72 Å². The van der Waals surface area contributed by atoms with Crippen LogP contribution in [0.25, 0.3) is 0 Å². The van der Waals surface area contributed by atoms with E-state index in [2.05, 4.69) is 20.7 Å². The van der Waals surface area contributed by atoms with Crippen LogP contribution in [0.5, 0.6) is 0 Å². The van der Waals surface area contributed by atoms with Crippen LogP contribution >= 0.6 is 15.9 Å². The van der Waals surface area contributed by atoms with Crippen molar-refractivity contribution in [1.29, 1.82) is 0 Å². The van der Waals surface area contributed by atoms with Gasteiger partial charge in [0.15, 0.2) is 0 Å². The summed E-state index contributed by atoms with van der Waals surface area (Å²) in [5.74, 6) is 0.119. The third-order valence-corrected chi connectivity index (χ3v) is 5.45. The van der Waals surface area contributed by atoms with Gasteiger partial charge in [0.1, 0.15) is 0 Å². The van der Waals surface area contributed by atoms with Gasteiger partial charge in [0.2, 0.25) is 10.0 Å². The average Bonchev–Trinajstić information content (AvgIpc) is 2.48. The molecule has 0 aliphatic rings. The van der Waals surface area contributed by atoms with Gasteiger partial charge in [0.05, 0.1) is 4.90 Å². The summed E-state index contributed by atoms with van der Waals surface area (Å²) in [5.41, 5.74) is 1.85. The molecule has 0 aromatic heterocycles. The largest absolute Gasteiger partial charge is 0.240 e. The number of aryl methyl sites for hydroxylation is 1. The Morgan fingerprint density at radius 1 is 1.14 bits per heavy atom. The van der Waals surface area contributed by atoms with Gasteiger partial charge in [-0.15, -0.1) is 0 Å². The molecule has 0 heterocycles. The first-order valence-corrected chi connectivity index (χ1v) is 8.98. The zero-order chi connectivity index (χ0) is 15.5. The van der Waals surface area contributed by atoms with E-state index in [-0.39, 0.29) is 5.92 Å². The molecule has 0 spiro atoms. The third kappa shape index (κ3) is 4.15. The molecule has 3 nitrogen and oxygen atoms in total. The zero-order valence-corrected chi connectivity index (χ0v) is 14.4. The Morgan fingerprint density at radius 2 is 1.81 bits per heavy atom. The molecule has 0 saturated heterocycles. The van der Waals surface area contributed by atoms with Crippen molar-refractivity contribution in [3.63, 3.8) is 0 Å². The van der Waals surface area contributed by atoms with Crippen LogP contribution in [0.3, 0.4) is 0 Å². The molecule has 2 rings (SSSR count). The quantitative estimate of drug-likeness (QED) is 0.872. The van der Waals surface area contributed by atoms with Crippen LogP contribution in [0.4, 0.5) is 0 Å². The Balaban J connectivity index is 2.13. The van der Waals surface area contributed by atoms with E-state index in [0.717, 1.165) is 15.6 Å². The van der Waals surface area contributed by atoms with Crippen LogP contribution in [-0.4, -0.2) is 15.0 Å². The molecule has 0 fully saturated rings. The molecule has 5 heteroatoms. The lowest BCUT2D eigenvalue weighted by Crippen LogP contribution is -2.28. The summed E-state index contributed by atoms with van der Waals surface area (Å²) in [6.45, 7) is 4.17. The molecule has 2 aromatic carbocycles. The first-order chi connectivity index (χ1) is 9.90. The van der Waals surface area contributed by atoms with Gasteiger partial charge >= 0.3 is 0 Å². The topological polar surface area (TPSA) is 46.2 Å². The number of sulfonamides is 1. The minimum absolute atomic E-state index is 0.119. The van der Waals surface area contributed by atoms with Crippen LogP contribution in [0.1, 0.15) is 24.0 Å². The summed E-state index contributed by atoms with van der Waals surface area (Å²) in [6, 6.07) is 15.1. The highest BCUT2D eigenvalue weighted by Gasteiger charge is 2.18. The molecule has 0 amide bonds. The van der Waals surface area contributed by atoms with E-state index >= 15 is 0 Å². The van der Waals surface area contributed by atoms with Gasteiger partial charge in [-0.25, -0.2) is 13.1 Å². The maximum atomic E-state index is 12.4. The van der Waals surface area contributed by atoms with E-state index < -0.39 is 10.0 Å². The smallest absolute Gasteiger partial charge is 0.211 e. The van der Waals surface area contributed by atoms with Gasteiger partial charge in [-0.05, 0) is 36.1 Å². The van der Waals surface area contributed by atoms with E-state index in [1.165, 1.54) is 0 Å². The first kappa shape index (κ1) is 16.2. The summed E-state index contributed by atoms with van der Waals surface area (Å²) in [5, 5.41) is 0. The molecule has 0 radical (unpaired) electrons. The fraction of sp³-hybridized carbons (Fsp3) is 0.250. The summed E-state index contributed by atoms with van der Waals surface area (Å²) < 4.78 is 28.3. The summed E-state index contributed by atoms with van der Waals surface area (Å²) >= 11 is 3.31. The van der Waals surface area contributed by atoms with Gasteiger partial charge in [-0.3, -0.25) is 0 Å². The van der Waals surface area contributed by atoms with Gasteiger partial charge in [0.25, 0.3) is 0 Å². The summed E-state index contributed by atoms with van der Waals surface area (Å²) in [7, 11) is -3.50. The number of hydrogen-bond acceptors (Lipinski definition) is 2. The molecule has 2 aromatic rings. The van der Waals surface area contributed by atoms with Crippen molar-refractivity contribution in [2.75, 3.05) is 6.54 Å². The minimum atomic E-state index is -3.50. The van der Waals surface area contributed by atoms with Crippen molar-refractivity contribution >= 4 is 26.0 Å². The SMILES string of the molecule is Cc1ccc(Br)cc1S(=O)(=O)NCC(C)c1ccccc1. The number of nitrogens with one attached hydrogen (secondary N) is 1. The minimum Gasteiger partial charge on any atom is -0.211 e. The van der Waals surface area contributed by atoms with Crippen molar-refractivity contribution in [2.45, 2.75) is 24.7 Å². The molecule has 1 unspecified atom stereocenters. The molecule has 112 valence electrons. The maximum Gasteiger partial charge on any atom is 0.240 e. The third-order valence-electron chi connectivity index (χ3n) is 3.39. The Hall–Kier alpha value is -1.17. The molecule has 0 bridgehead atoms. The van der Waals surface area contributed by atoms with E-state index in [1.54, 1.807) is 19.1 Å². The molecule has 0 saturated carbocycles. The summed E-state index contributed by atoms with van der Waals surface area (Å²) in [4.78, 5) is 0.317. The number of hydrogen-bond donors (Lipinski definition) is 1. The lowest BCUT2D eigenvalue weighted by molar-refractivity contribution is 0.574. The molecule has 1 N–H and O–H groups in total. The number of benzene rings is 2. The highest BCUT2D eigenvalue weighted by atomic mass is 79.9. The van der Waals surface area contributed by atoms with Crippen molar-refractivity contribution < 1.29 is 8.42 Å². The van der Waals surface area contributed by atoms with E-state index in [0.29, 0.717) is 11.4 Å². The molecular formula is C16H18BrNO2S. The predicted molar refractivity (Wildman–Crippen MR) is 88.9 cm³/mol. The normalized spacial score (nSPS) is 13.1. The van der Waals surface area contributed by atoms with Gasteiger partial charge in [0, 0.05) is 11.0 Å². The van der Waals surface area contributed by atoms with E-state index in [9.17, 15) is 8.42 Å². The fourth-order valence-electron chi connectivity index (χ4n) is 2.08. The lowest BCUT2D eigenvalue weighted by Gasteiger charge is -2.14. The molecule has 0 aliphatic carbocycles. The van der Waals surface area contributed by atoms with Crippen LogP contribution in [0, 0.1) is 6.92 Å². The average molecular weight is 368 g/mol. The van der Waals surface area contributed by atoms with Gasteiger partial charge in [-0.2, -0.15) is 0 Å². The standard InChI is InChI=1S/C16H18BrNO2S/c1-12-8-9-15(17)10-16(12)21(19,20)18-11-13(2)14-6-4-3-5-7-14/h3-10,13,18H,11H2,1-2H3. The van der Waals surface area contributed by atoms with Crippen molar-refractivity contribution in [3.05, 3.63) is 64.1 Å². The van der Waals surface area contributed by atoms with E-state index in [4.69, 9.17) is 0 Å². The lowest BCUT2D eigenvalue weighted by atomic mass is 10.0.